The Morgan fingerprint density at radius 3 is 1.59 bits per heavy atom. The number of aromatic nitrogens is 2. The van der Waals surface area contributed by atoms with E-state index in [0.717, 1.165) is 0 Å². The Morgan fingerprint density at radius 2 is 0.878 bits per heavy atom. The number of benzene rings is 9. The van der Waals surface area contributed by atoms with Gasteiger partial charge in [-0.15, -0.1) is 0 Å². The van der Waals surface area contributed by atoms with Gasteiger partial charge in [0.15, 0.2) is 0 Å². The van der Waals surface area contributed by atoms with Crippen LogP contribution in [-0.4, -0.2) is 15.8 Å². The molecule has 0 aliphatic carbocycles. The zero-order chi connectivity index (χ0) is 31.5. The maximum absolute atomic E-state index is 2.63. The van der Waals surface area contributed by atoms with E-state index in [1.807, 2.05) is 0 Å². The topological polar surface area (TPSA) is 9.86 Å². The van der Waals surface area contributed by atoms with Crippen LogP contribution >= 0.6 is 0 Å². The summed E-state index contributed by atoms with van der Waals surface area (Å²) in [6.07, 6.45) is 0. The van der Waals surface area contributed by atoms with Gasteiger partial charge in [-0.2, -0.15) is 0 Å². The summed E-state index contributed by atoms with van der Waals surface area (Å²) in [5, 5.41) is 15.7. The van der Waals surface area contributed by atoms with Gasteiger partial charge in [-0.25, -0.2) is 0 Å². The van der Waals surface area contributed by atoms with Gasteiger partial charge in [0.25, 0.3) is 6.71 Å². The van der Waals surface area contributed by atoms with E-state index in [0.29, 0.717) is 0 Å². The second kappa shape index (κ2) is 8.39. The van der Waals surface area contributed by atoms with E-state index >= 15 is 0 Å². The minimum absolute atomic E-state index is 0.0815. The molecule has 0 saturated heterocycles. The van der Waals surface area contributed by atoms with Gasteiger partial charge in [0.05, 0.1) is 22.1 Å². The van der Waals surface area contributed by atoms with Gasteiger partial charge in [-0.3, -0.25) is 0 Å². The smallest absolute Gasteiger partial charge is 0.253 e. The molecule has 0 atom stereocenters. The Kier molecular flexibility index (Phi) is 4.25. The molecule has 49 heavy (non-hydrogen) atoms. The first-order valence-electron chi connectivity index (χ1n) is 17.2. The van der Waals surface area contributed by atoms with Crippen LogP contribution in [0.4, 0.5) is 0 Å². The Hall–Kier alpha value is -6.32. The van der Waals surface area contributed by atoms with E-state index in [4.69, 9.17) is 0 Å². The lowest BCUT2D eigenvalue weighted by atomic mass is 9.33. The molecular weight excluding hydrogens is 591 g/mol. The summed E-state index contributed by atoms with van der Waals surface area (Å²) < 4.78 is 5.25. The molecule has 2 aromatic heterocycles. The van der Waals surface area contributed by atoms with Crippen LogP contribution in [-0.2, 0) is 0 Å². The molecule has 9 aromatic carbocycles. The molecule has 13 rings (SSSR count). The van der Waals surface area contributed by atoms with Crippen LogP contribution in [0.2, 0.25) is 0 Å². The molecule has 2 aliphatic rings. The SMILES string of the molecule is c1cc2c3c(c1)-n1c4c(cc5ccccc5c4c4ccc5ccccc5c41)B3c1c3ccccc3cc3c4ccc5ccccc5c4n-2c13. The minimum atomic E-state index is 0.0815. The summed E-state index contributed by atoms with van der Waals surface area (Å²) >= 11 is 0. The highest BCUT2D eigenvalue weighted by Gasteiger charge is 2.42. The van der Waals surface area contributed by atoms with Crippen molar-refractivity contribution in [1.82, 2.24) is 9.13 Å². The predicted molar refractivity (Wildman–Crippen MR) is 210 cm³/mol. The molecule has 2 nitrogen and oxygen atoms in total. The standard InChI is InChI=1S/C46H25BN2/c1-7-16-32-26(10-1)20-22-34-36-24-28-12-4-6-15-31(28)41-45(36)48(43(32)34)38-18-9-19-39-42(38)47(41)37-25-29-13-3-5-14-30(29)40-35-23-21-27-11-2-8-17-33(27)44(35)49(39)46(37)40/h1-25H. The third kappa shape index (κ3) is 2.78. The molecule has 222 valence electrons. The number of fused-ring (bicyclic) bond motifs is 18. The van der Waals surface area contributed by atoms with Gasteiger partial charge < -0.3 is 9.13 Å². The van der Waals surface area contributed by atoms with Crippen LogP contribution in [0.15, 0.2) is 152 Å². The summed E-state index contributed by atoms with van der Waals surface area (Å²) in [4.78, 5) is 0. The molecule has 11 aromatic rings. The van der Waals surface area contributed by atoms with Gasteiger partial charge in [-0.05, 0) is 66.9 Å². The van der Waals surface area contributed by atoms with Crippen molar-refractivity contribution in [2.24, 2.45) is 0 Å². The fraction of sp³-hybridized carbons (Fsp3) is 0. The molecule has 2 aliphatic heterocycles. The zero-order valence-electron chi connectivity index (χ0n) is 26.4. The van der Waals surface area contributed by atoms with E-state index in [1.165, 1.54) is 114 Å². The molecule has 0 N–H and O–H groups in total. The number of hydrogen-bond acceptors (Lipinski definition) is 0. The van der Waals surface area contributed by atoms with Crippen LogP contribution in [0.25, 0.3) is 98.1 Å². The van der Waals surface area contributed by atoms with Gasteiger partial charge in [0.1, 0.15) is 0 Å². The first-order chi connectivity index (χ1) is 24.3. The summed E-state index contributed by atoms with van der Waals surface area (Å²) in [6.45, 7) is 0.0815. The first-order valence-corrected chi connectivity index (χ1v) is 17.2. The summed E-state index contributed by atoms with van der Waals surface area (Å²) in [5.74, 6) is 0. The van der Waals surface area contributed by atoms with Crippen molar-refractivity contribution in [2.45, 2.75) is 0 Å². The second-order valence-corrected chi connectivity index (χ2v) is 14.0. The highest BCUT2D eigenvalue weighted by molar-refractivity contribution is 7.02. The van der Waals surface area contributed by atoms with E-state index in [1.54, 1.807) is 0 Å². The van der Waals surface area contributed by atoms with Gasteiger partial charge in [0, 0.05) is 43.7 Å². The molecule has 0 unspecified atom stereocenters. The van der Waals surface area contributed by atoms with Crippen molar-refractivity contribution in [3.8, 4) is 11.4 Å². The van der Waals surface area contributed by atoms with E-state index in [2.05, 4.69) is 161 Å². The molecule has 0 bridgehead atoms. The quantitative estimate of drug-likeness (QED) is 0.150. The Balaban J connectivity index is 1.35. The molecular formula is C46H25BN2. The average molecular weight is 617 g/mol. The van der Waals surface area contributed by atoms with Gasteiger partial charge in [0.2, 0.25) is 0 Å². The van der Waals surface area contributed by atoms with Crippen LogP contribution in [0.3, 0.4) is 0 Å². The fourth-order valence-electron chi connectivity index (χ4n) is 9.99. The highest BCUT2D eigenvalue weighted by Crippen LogP contribution is 2.44. The zero-order valence-corrected chi connectivity index (χ0v) is 26.4. The van der Waals surface area contributed by atoms with Crippen molar-refractivity contribution in [1.29, 1.82) is 0 Å². The Morgan fingerprint density at radius 1 is 0.327 bits per heavy atom. The monoisotopic (exact) mass is 616 g/mol. The first kappa shape index (κ1) is 24.8. The average Bonchev–Trinajstić information content (AvgIpc) is 3.69. The normalized spacial score (nSPS) is 13.3. The van der Waals surface area contributed by atoms with Crippen molar-refractivity contribution < 1.29 is 0 Å². The van der Waals surface area contributed by atoms with Crippen LogP contribution in [0, 0.1) is 0 Å². The largest absolute Gasteiger partial charge is 0.310 e. The maximum atomic E-state index is 2.63. The lowest BCUT2D eigenvalue weighted by molar-refractivity contribution is 1.15. The molecule has 0 radical (unpaired) electrons. The summed E-state index contributed by atoms with van der Waals surface area (Å²) in [5.41, 5.74) is 12.1. The van der Waals surface area contributed by atoms with E-state index in [9.17, 15) is 0 Å². The number of nitrogens with zero attached hydrogens (tertiary/aromatic N) is 2. The van der Waals surface area contributed by atoms with Crippen molar-refractivity contribution >= 4 is 110 Å². The lowest BCUT2D eigenvalue weighted by Gasteiger charge is -2.34. The van der Waals surface area contributed by atoms with E-state index in [-0.39, 0.29) is 6.71 Å². The predicted octanol–water partition coefficient (Wildman–Crippen LogP) is 9.64. The fourth-order valence-corrected chi connectivity index (χ4v) is 9.99. The molecule has 0 fully saturated rings. The molecule has 0 amide bonds. The van der Waals surface area contributed by atoms with E-state index < -0.39 is 0 Å². The van der Waals surface area contributed by atoms with Crippen LogP contribution in [0.1, 0.15) is 0 Å². The maximum Gasteiger partial charge on any atom is 0.253 e. The van der Waals surface area contributed by atoms with Crippen molar-refractivity contribution in [2.75, 3.05) is 0 Å². The minimum Gasteiger partial charge on any atom is -0.310 e. The lowest BCUT2D eigenvalue weighted by Crippen LogP contribution is -2.59. The highest BCUT2D eigenvalue weighted by atomic mass is 15.0. The van der Waals surface area contributed by atoms with Gasteiger partial charge in [-0.1, -0.05) is 133 Å². The third-order valence-electron chi connectivity index (χ3n) is 11.8. The summed E-state index contributed by atoms with van der Waals surface area (Å²) in [7, 11) is 0. The molecule has 3 heteroatoms. The van der Waals surface area contributed by atoms with Crippen LogP contribution < -0.4 is 16.4 Å². The number of rotatable bonds is 0. The molecule has 0 spiro atoms. The summed E-state index contributed by atoms with van der Waals surface area (Å²) in [6, 6.07) is 57.2. The van der Waals surface area contributed by atoms with Gasteiger partial charge >= 0.3 is 0 Å². The third-order valence-corrected chi connectivity index (χ3v) is 11.8. The number of hydrogen-bond donors (Lipinski definition) is 0. The molecule has 0 saturated carbocycles. The van der Waals surface area contributed by atoms with Crippen molar-refractivity contribution in [3.63, 3.8) is 0 Å². The second-order valence-electron chi connectivity index (χ2n) is 14.0. The Labute approximate surface area is 281 Å². The molecule has 4 heterocycles. The Bertz CT molecular complexity index is 3340. The van der Waals surface area contributed by atoms with Crippen molar-refractivity contribution in [3.05, 3.63) is 152 Å². The van der Waals surface area contributed by atoms with Crippen LogP contribution in [0.5, 0.6) is 0 Å².